The number of carbonyl (C=O) groups is 4. The number of anilines is 1. The molecule has 2 aromatic rings. The Morgan fingerprint density at radius 3 is 2.40 bits per heavy atom. The number of rotatable bonds is 7. The van der Waals surface area contributed by atoms with E-state index >= 15 is 0 Å². The van der Waals surface area contributed by atoms with Crippen LogP contribution in [0.5, 0.6) is 5.75 Å². The lowest BCUT2D eigenvalue weighted by Crippen LogP contribution is -2.34. The number of thioether (sulfide) groups is 1. The third kappa shape index (κ3) is 8.00. The number of aliphatic carboxylic acids is 2. The summed E-state index contributed by atoms with van der Waals surface area (Å²) in [7, 11) is 0. The largest absolute Gasteiger partial charge is 0.491 e. The van der Waals surface area contributed by atoms with Crippen LogP contribution in [0.1, 0.15) is 18.4 Å². The molecule has 1 aromatic carbocycles. The number of pyridine rings is 1. The number of benzene rings is 1. The summed E-state index contributed by atoms with van der Waals surface area (Å²) in [6, 6.07) is 13.8. The first-order valence-electron chi connectivity index (χ1n) is 10.6. The van der Waals surface area contributed by atoms with E-state index < -0.39 is 11.9 Å². The first kappa shape index (κ1) is 25.5. The minimum absolute atomic E-state index is 0.311. The van der Waals surface area contributed by atoms with Crippen LogP contribution in [0.4, 0.5) is 10.6 Å². The van der Waals surface area contributed by atoms with Gasteiger partial charge in [0.2, 0.25) is 0 Å². The minimum atomic E-state index is -1.26. The molecule has 0 saturated carbocycles. The Kier molecular flexibility index (Phi) is 9.02. The number of carbonyl (C=O) groups excluding carboxylic acids is 2. The Labute approximate surface area is 205 Å². The monoisotopic (exact) mass is 497 g/mol. The van der Waals surface area contributed by atoms with Crippen LogP contribution in [0.2, 0.25) is 0 Å². The molecule has 2 aliphatic rings. The van der Waals surface area contributed by atoms with Gasteiger partial charge < -0.3 is 19.8 Å². The van der Waals surface area contributed by atoms with Crippen molar-refractivity contribution >= 4 is 46.7 Å². The fourth-order valence-electron chi connectivity index (χ4n) is 3.40. The molecule has 35 heavy (non-hydrogen) atoms. The lowest BCUT2D eigenvalue weighted by molar-refractivity contribution is -0.134. The van der Waals surface area contributed by atoms with Crippen LogP contribution >= 0.6 is 11.8 Å². The van der Waals surface area contributed by atoms with Gasteiger partial charge in [0.05, 0.1) is 10.9 Å². The second kappa shape index (κ2) is 12.4. The molecule has 3 heterocycles. The zero-order chi connectivity index (χ0) is 25.2. The maximum Gasteiger partial charge on any atom is 0.328 e. The minimum Gasteiger partial charge on any atom is -0.491 e. The van der Waals surface area contributed by atoms with E-state index in [1.165, 1.54) is 0 Å². The van der Waals surface area contributed by atoms with Gasteiger partial charge in [0.15, 0.2) is 0 Å². The Morgan fingerprint density at radius 1 is 1.11 bits per heavy atom. The molecule has 2 aliphatic heterocycles. The summed E-state index contributed by atoms with van der Waals surface area (Å²) in [6.07, 6.45) is 6.85. The highest BCUT2D eigenvalue weighted by atomic mass is 32.2. The molecule has 10 nitrogen and oxygen atoms in total. The number of nitrogens with one attached hydrogen (secondary N) is 1. The molecule has 2 amide bonds. The Morgan fingerprint density at radius 2 is 1.83 bits per heavy atom. The molecular formula is C24H23N3O7S. The molecule has 0 aliphatic carbocycles. The lowest BCUT2D eigenvalue weighted by Gasteiger charge is -2.25. The van der Waals surface area contributed by atoms with Crippen molar-refractivity contribution < 1.29 is 34.1 Å². The Hall–Kier alpha value is -4.12. The highest BCUT2D eigenvalue weighted by Gasteiger charge is 2.26. The quantitative estimate of drug-likeness (QED) is 0.488. The van der Waals surface area contributed by atoms with Gasteiger partial charge in [0, 0.05) is 24.9 Å². The van der Waals surface area contributed by atoms with Crippen molar-refractivity contribution in [3.8, 4) is 5.75 Å². The Bertz CT molecular complexity index is 1120. The molecule has 0 spiro atoms. The van der Waals surface area contributed by atoms with Gasteiger partial charge in [0.25, 0.3) is 11.1 Å². The molecular weight excluding hydrogens is 474 g/mol. The van der Waals surface area contributed by atoms with E-state index in [9.17, 15) is 19.2 Å². The van der Waals surface area contributed by atoms with Crippen molar-refractivity contribution in [1.82, 2.24) is 10.3 Å². The summed E-state index contributed by atoms with van der Waals surface area (Å²) in [5.41, 5.74) is 0.852. The number of amides is 2. The summed E-state index contributed by atoms with van der Waals surface area (Å²) < 4.78 is 5.98. The molecule has 0 bridgehead atoms. The highest BCUT2D eigenvalue weighted by molar-refractivity contribution is 8.18. The van der Waals surface area contributed by atoms with E-state index in [0.29, 0.717) is 29.7 Å². The third-order valence-corrected chi connectivity index (χ3v) is 5.76. The molecule has 11 heteroatoms. The summed E-state index contributed by atoms with van der Waals surface area (Å²) in [5.74, 6) is -1.09. The van der Waals surface area contributed by atoms with Crippen molar-refractivity contribution in [2.24, 2.45) is 0 Å². The standard InChI is InChI=1S/C20H19N3O3S.C4H4O4/c24-19-17(27-20(25)22-19)12-14-6-8-16(9-7-14)26-13-15-4-3-11-23(15)18-5-1-2-10-21-18;5-3(6)1-2-4(7)8/h1-2,5-10,12,15H,3-4,11,13H2,(H,22,24,25);1-2H,(H,5,6)(H,7,8)/b17-12+;2-1-/t15-;/m0./s1. The van der Waals surface area contributed by atoms with E-state index in [1.807, 2.05) is 48.7 Å². The van der Waals surface area contributed by atoms with Crippen molar-refractivity contribution in [1.29, 1.82) is 0 Å². The second-order valence-electron chi connectivity index (χ2n) is 7.42. The molecule has 4 rings (SSSR count). The van der Waals surface area contributed by atoms with Crippen LogP contribution < -0.4 is 15.0 Å². The SMILES string of the molecule is O=C(O)/C=C\C(=O)O.O=C1NC(=O)/C(=C\c2ccc(OC[C@@H]3CCCN3c3ccccn3)cc2)S1. The summed E-state index contributed by atoms with van der Waals surface area (Å²) in [5, 5.41) is 17.5. The summed E-state index contributed by atoms with van der Waals surface area (Å²) >= 11 is 0.917. The second-order valence-corrected chi connectivity index (χ2v) is 8.43. The third-order valence-electron chi connectivity index (χ3n) is 4.95. The number of aromatic nitrogens is 1. The highest BCUT2D eigenvalue weighted by Crippen LogP contribution is 2.27. The van der Waals surface area contributed by atoms with E-state index in [1.54, 1.807) is 6.08 Å². The average Bonchev–Trinajstić information content (AvgIpc) is 3.43. The first-order chi connectivity index (χ1) is 16.8. The molecule has 2 fully saturated rings. The smallest absolute Gasteiger partial charge is 0.328 e. The van der Waals surface area contributed by atoms with Crippen LogP contribution in [-0.2, 0) is 14.4 Å². The van der Waals surface area contributed by atoms with Gasteiger partial charge in [0.1, 0.15) is 18.2 Å². The Balaban J connectivity index is 0.000000371. The number of imide groups is 1. The van der Waals surface area contributed by atoms with Crippen molar-refractivity contribution in [3.63, 3.8) is 0 Å². The normalized spacial score (nSPS) is 18.3. The predicted octanol–water partition coefficient (Wildman–Crippen LogP) is 3.17. The maximum absolute atomic E-state index is 11.6. The maximum atomic E-state index is 11.6. The number of carboxylic acids is 2. The number of ether oxygens (including phenoxy) is 1. The van der Waals surface area contributed by atoms with Gasteiger partial charge in [-0.1, -0.05) is 18.2 Å². The molecule has 2 saturated heterocycles. The van der Waals surface area contributed by atoms with Crippen LogP contribution in [0.15, 0.2) is 65.7 Å². The van der Waals surface area contributed by atoms with Crippen LogP contribution in [0, 0.1) is 0 Å². The number of nitrogens with zero attached hydrogens (tertiary/aromatic N) is 2. The fourth-order valence-corrected chi connectivity index (χ4v) is 4.08. The van der Waals surface area contributed by atoms with Crippen LogP contribution in [0.3, 0.4) is 0 Å². The van der Waals surface area contributed by atoms with E-state index in [2.05, 4.69) is 15.2 Å². The van der Waals surface area contributed by atoms with Crippen LogP contribution in [0.25, 0.3) is 6.08 Å². The zero-order valence-electron chi connectivity index (χ0n) is 18.5. The van der Waals surface area contributed by atoms with E-state index in [0.717, 1.165) is 48.3 Å². The number of hydrogen-bond acceptors (Lipinski definition) is 8. The van der Waals surface area contributed by atoms with Crippen molar-refractivity contribution in [2.45, 2.75) is 18.9 Å². The average molecular weight is 498 g/mol. The summed E-state index contributed by atoms with van der Waals surface area (Å²) in [4.78, 5) is 49.1. The lowest BCUT2D eigenvalue weighted by atomic mass is 10.2. The molecule has 182 valence electrons. The van der Waals surface area contributed by atoms with Crippen molar-refractivity contribution in [2.75, 3.05) is 18.1 Å². The molecule has 0 unspecified atom stereocenters. The molecule has 1 atom stereocenters. The molecule has 1 aromatic heterocycles. The van der Waals surface area contributed by atoms with Gasteiger partial charge >= 0.3 is 11.9 Å². The first-order valence-corrected chi connectivity index (χ1v) is 11.4. The zero-order valence-corrected chi connectivity index (χ0v) is 19.3. The number of hydrogen-bond donors (Lipinski definition) is 3. The molecule has 0 radical (unpaired) electrons. The number of carboxylic acid groups (broad SMARTS) is 2. The topological polar surface area (TPSA) is 146 Å². The van der Waals surface area contributed by atoms with E-state index in [4.69, 9.17) is 14.9 Å². The van der Waals surface area contributed by atoms with Gasteiger partial charge in [-0.3, -0.25) is 14.9 Å². The van der Waals surface area contributed by atoms with Crippen LogP contribution in [-0.4, -0.2) is 57.5 Å². The van der Waals surface area contributed by atoms with Gasteiger partial charge in [-0.15, -0.1) is 0 Å². The summed E-state index contributed by atoms with van der Waals surface area (Å²) in [6.45, 7) is 1.60. The fraction of sp³-hybridized carbons (Fsp3) is 0.208. The molecule has 3 N–H and O–H groups in total. The van der Waals surface area contributed by atoms with Gasteiger partial charge in [-0.05, 0) is 60.5 Å². The van der Waals surface area contributed by atoms with Gasteiger partial charge in [-0.25, -0.2) is 14.6 Å². The van der Waals surface area contributed by atoms with Gasteiger partial charge in [-0.2, -0.15) is 0 Å². The predicted molar refractivity (Wildman–Crippen MR) is 130 cm³/mol. The van der Waals surface area contributed by atoms with Crippen molar-refractivity contribution in [3.05, 3.63) is 71.3 Å². The van der Waals surface area contributed by atoms with E-state index in [-0.39, 0.29) is 11.1 Å².